The predicted octanol–water partition coefficient (Wildman–Crippen LogP) is 4.82. The minimum Gasteiger partial charge on any atom is -0.378 e. The quantitative estimate of drug-likeness (QED) is 0.721. The van der Waals surface area contributed by atoms with Crippen LogP contribution in [0.2, 0.25) is 0 Å². The Kier molecular flexibility index (Phi) is 5.52. The second kappa shape index (κ2) is 8.03. The van der Waals surface area contributed by atoms with Gasteiger partial charge >= 0.3 is 0 Å². The number of rotatable bonds is 6. The first kappa shape index (κ1) is 17.9. The second-order valence-electron chi connectivity index (χ2n) is 6.94. The summed E-state index contributed by atoms with van der Waals surface area (Å²) in [5, 5.41) is 5.71. The van der Waals surface area contributed by atoms with Crippen LogP contribution in [0.4, 0.5) is 5.00 Å². The highest BCUT2D eigenvalue weighted by Crippen LogP contribution is 2.40. The van der Waals surface area contributed by atoms with Crippen LogP contribution in [0.3, 0.4) is 0 Å². The van der Waals surface area contributed by atoms with Crippen LogP contribution in [0.5, 0.6) is 0 Å². The fraction of sp³-hybridized carbons (Fsp3) is 0.500. The van der Waals surface area contributed by atoms with Gasteiger partial charge in [0.25, 0.3) is 0 Å². The van der Waals surface area contributed by atoms with Crippen molar-refractivity contribution in [2.75, 3.05) is 11.9 Å². The first-order valence-electron chi connectivity index (χ1n) is 9.36. The van der Waals surface area contributed by atoms with Crippen molar-refractivity contribution < 1.29 is 14.3 Å². The molecule has 4 nitrogen and oxygen atoms in total. The summed E-state index contributed by atoms with van der Waals surface area (Å²) in [5.41, 5.74) is 1.90. The number of carbonyl (C=O) groups excluding carboxylic acids is 2. The highest BCUT2D eigenvalue weighted by Gasteiger charge is 2.27. The van der Waals surface area contributed by atoms with E-state index in [1.807, 2.05) is 17.5 Å². The minimum absolute atomic E-state index is 0.0145. The molecule has 2 aromatic rings. The summed E-state index contributed by atoms with van der Waals surface area (Å²) in [5.74, 6) is 0.0353. The Balaban J connectivity index is 1.53. The minimum atomic E-state index is -0.0145. The highest BCUT2D eigenvalue weighted by molar-refractivity contribution is 7.17. The van der Waals surface area contributed by atoms with E-state index >= 15 is 0 Å². The maximum atomic E-state index is 13.1. The smallest absolute Gasteiger partial charge is 0.225 e. The molecule has 0 spiro atoms. The van der Waals surface area contributed by atoms with Crippen LogP contribution in [-0.2, 0) is 22.4 Å². The van der Waals surface area contributed by atoms with E-state index in [0.717, 1.165) is 72.6 Å². The molecule has 1 fully saturated rings. The molecule has 1 aliphatic heterocycles. The number of anilines is 1. The van der Waals surface area contributed by atoms with Crippen molar-refractivity contribution in [1.82, 2.24) is 0 Å². The number of hydrogen-bond donors (Lipinski definition) is 1. The van der Waals surface area contributed by atoms with Crippen molar-refractivity contribution in [3.63, 3.8) is 0 Å². The van der Waals surface area contributed by atoms with Crippen LogP contribution in [0, 0.1) is 0 Å². The third kappa shape index (κ3) is 3.77. The van der Waals surface area contributed by atoms with Crippen LogP contribution in [0.25, 0.3) is 0 Å². The molecule has 0 bridgehead atoms. The topological polar surface area (TPSA) is 55.4 Å². The molecule has 26 heavy (non-hydrogen) atoms. The Morgan fingerprint density at radius 3 is 2.88 bits per heavy atom. The normalized spacial score (nSPS) is 19.3. The van der Waals surface area contributed by atoms with E-state index in [2.05, 4.69) is 5.32 Å². The molecule has 2 aliphatic rings. The molecule has 4 rings (SSSR count). The zero-order valence-corrected chi connectivity index (χ0v) is 16.3. The number of carbonyl (C=O) groups is 2. The largest absolute Gasteiger partial charge is 0.378 e. The van der Waals surface area contributed by atoms with Crippen LogP contribution >= 0.6 is 22.7 Å². The summed E-state index contributed by atoms with van der Waals surface area (Å²) >= 11 is 3.06. The number of ether oxygens (including phenoxy) is 1. The lowest BCUT2D eigenvalue weighted by molar-refractivity contribution is -0.116. The molecule has 1 N–H and O–H groups in total. The molecule has 2 aromatic heterocycles. The monoisotopic (exact) mass is 389 g/mol. The van der Waals surface area contributed by atoms with Gasteiger partial charge in [0.1, 0.15) is 5.00 Å². The zero-order valence-electron chi connectivity index (χ0n) is 14.7. The van der Waals surface area contributed by atoms with E-state index in [0.29, 0.717) is 6.42 Å². The van der Waals surface area contributed by atoms with Gasteiger partial charge in [-0.15, -0.1) is 22.7 Å². The Bertz CT molecular complexity index is 788. The highest BCUT2D eigenvalue weighted by atomic mass is 32.1. The van der Waals surface area contributed by atoms with Crippen LogP contribution < -0.4 is 5.32 Å². The van der Waals surface area contributed by atoms with Gasteiger partial charge < -0.3 is 10.1 Å². The molecular formula is C20H23NO3S2. The molecule has 0 radical (unpaired) electrons. The van der Waals surface area contributed by atoms with Crippen LogP contribution in [-0.4, -0.2) is 24.4 Å². The van der Waals surface area contributed by atoms with Gasteiger partial charge in [-0.2, -0.15) is 0 Å². The Labute approximate surface area is 161 Å². The zero-order chi connectivity index (χ0) is 17.9. The number of hydrogen-bond acceptors (Lipinski definition) is 5. The number of nitrogens with one attached hydrogen (secondary N) is 1. The standard InChI is InChI=1S/C20H23NO3S2/c22-17(10-9-13-5-3-11-24-13)21-20-18(19(23)16-8-4-12-25-16)14-6-1-2-7-15(14)26-20/h4,8,12-13H,1-3,5-7,9-11H2,(H,21,22). The van der Waals surface area contributed by atoms with Gasteiger partial charge in [-0.25, -0.2) is 0 Å². The van der Waals surface area contributed by atoms with Gasteiger partial charge in [0.05, 0.1) is 16.5 Å². The second-order valence-corrected chi connectivity index (χ2v) is 9.00. The van der Waals surface area contributed by atoms with E-state index in [1.165, 1.54) is 16.2 Å². The Morgan fingerprint density at radius 1 is 1.23 bits per heavy atom. The van der Waals surface area contributed by atoms with Gasteiger partial charge in [-0.1, -0.05) is 6.07 Å². The SMILES string of the molecule is O=C(CCC1CCCO1)Nc1sc2c(c1C(=O)c1cccs1)CCCC2. The van der Waals surface area contributed by atoms with Crippen LogP contribution in [0.15, 0.2) is 17.5 Å². The van der Waals surface area contributed by atoms with Crippen molar-refractivity contribution in [3.8, 4) is 0 Å². The fourth-order valence-corrected chi connectivity index (χ4v) is 5.75. The lowest BCUT2D eigenvalue weighted by Gasteiger charge is -2.12. The number of ketones is 1. The van der Waals surface area contributed by atoms with Crippen molar-refractivity contribution in [3.05, 3.63) is 38.4 Å². The van der Waals surface area contributed by atoms with Gasteiger partial charge in [0, 0.05) is 17.9 Å². The maximum absolute atomic E-state index is 13.1. The summed E-state index contributed by atoms with van der Waals surface area (Å²) < 4.78 is 5.60. The van der Waals surface area contributed by atoms with E-state index in [9.17, 15) is 9.59 Å². The average Bonchev–Trinajstić information content (AvgIpc) is 3.39. The van der Waals surface area contributed by atoms with Crippen molar-refractivity contribution >= 4 is 39.4 Å². The van der Waals surface area contributed by atoms with Gasteiger partial charge in [0.15, 0.2) is 0 Å². The molecule has 0 aromatic carbocycles. The van der Waals surface area contributed by atoms with Crippen molar-refractivity contribution in [1.29, 1.82) is 0 Å². The van der Waals surface area contributed by atoms with E-state index < -0.39 is 0 Å². The van der Waals surface area contributed by atoms with Crippen LogP contribution in [0.1, 0.15) is 64.2 Å². The summed E-state index contributed by atoms with van der Waals surface area (Å²) in [6, 6.07) is 3.76. The predicted molar refractivity (Wildman–Crippen MR) is 106 cm³/mol. The Morgan fingerprint density at radius 2 is 2.12 bits per heavy atom. The fourth-order valence-electron chi connectivity index (χ4n) is 3.78. The van der Waals surface area contributed by atoms with E-state index in [4.69, 9.17) is 4.74 Å². The van der Waals surface area contributed by atoms with E-state index in [-0.39, 0.29) is 17.8 Å². The van der Waals surface area contributed by atoms with Gasteiger partial charge in [-0.05, 0) is 62.0 Å². The number of aryl methyl sites for hydroxylation is 1. The van der Waals surface area contributed by atoms with E-state index in [1.54, 1.807) is 11.3 Å². The molecule has 6 heteroatoms. The lowest BCUT2D eigenvalue weighted by Crippen LogP contribution is -2.16. The molecule has 1 aliphatic carbocycles. The molecule has 1 atom stereocenters. The van der Waals surface area contributed by atoms with Crippen molar-refractivity contribution in [2.45, 2.75) is 57.5 Å². The van der Waals surface area contributed by atoms with Gasteiger partial charge in [-0.3, -0.25) is 9.59 Å². The summed E-state index contributed by atoms with van der Waals surface area (Å²) in [4.78, 5) is 27.5. The number of thiophene rings is 2. The molecule has 1 saturated heterocycles. The lowest BCUT2D eigenvalue weighted by atomic mass is 9.93. The molecule has 3 heterocycles. The molecule has 0 saturated carbocycles. The molecular weight excluding hydrogens is 366 g/mol. The number of fused-ring (bicyclic) bond motifs is 1. The Hall–Kier alpha value is -1.50. The number of amides is 1. The molecule has 1 unspecified atom stereocenters. The summed E-state index contributed by atoms with van der Waals surface area (Å²) in [7, 11) is 0. The summed E-state index contributed by atoms with van der Waals surface area (Å²) in [6.45, 7) is 0.809. The first-order chi connectivity index (χ1) is 12.7. The maximum Gasteiger partial charge on any atom is 0.225 e. The molecule has 138 valence electrons. The van der Waals surface area contributed by atoms with Crippen molar-refractivity contribution in [2.24, 2.45) is 0 Å². The first-order valence-corrected chi connectivity index (χ1v) is 11.1. The third-order valence-corrected chi connectivity index (χ3v) is 7.19. The third-order valence-electron chi connectivity index (χ3n) is 5.11. The average molecular weight is 390 g/mol. The summed E-state index contributed by atoms with van der Waals surface area (Å²) in [6.07, 6.45) is 7.76. The molecule has 1 amide bonds. The van der Waals surface area contributed by atoms with Gasteiger partial charge in [0.2, 0.25) is 11.7 Å².